The SMILES string of the molecule is CO/N=C(\C(=O)N[C@@H]1C(=O)N2C(C(=O)O)=C(CSc3nnc4ccc(SC)nn34)CS[C@@H]12)c1csc(N)n1. The molecule has 2 amide bonds. The molecule has 5 rings (SSSR count). The number of rotatable bonds is 9. The highest BCUT2D eigenvalue weighted by molar-refractivity contribution is 8.01. The number of nitrogens with two attached hydrogens (primary N) is 1. The molecule has 18 heteroatoms. The van der Waals surface area contributed by atoms with E-state index in [-0.39, 0.29) is 28.0 Å². The summed E-state index contributed by atoms with van der Waals surface area (Å²) in [4.78, 5) is 48.2. The van der Waals surface area contributed by atoms with E-state index >= 15 is 0 Å². The number of anilines is 1. The minimum atomic E-state index is -1.22. The molecule has 0 bridgehead atoms. The second-order valence-corrected chi connectivity index (χ2v) is 11.5. The van der Waals surface area contributed by atoms with Crippen molar-refractivity contribution < 1.29 is 24.3 Å². The van der Waals surface area contributed by atoms with Crippen molar-refractivity contribution in [1.82, 2.24) is 35.0 Å². The predicted octanol–water partition coefficient (Wildman–Crippen LogP) is 0.766. The van der Waals surface area contributed by atoms with Crippen LogP contribution in [0, 0.1) is 0 Å². The van der Waals surface area contributed by atoms with Gasteiger partial charge in [-0.1, -0.05) is 16.9 Å². The second-order valence-electron chi connectivity index (χ2n) is 7.73. The predicted molar refractivity (Wildman–Crippen MR) is 143 cm³/mol. The van der Waals surface area contributed by atoms with Crippen molar-refractivity contribution in [2.75, 3.05) is 30.6 Å². The molecule has 3 aromatic heterocycles. The number of thiazole rings is 1. The van der Waals surface area contributed by atoms with Gasteiger partial charge in [0.05, 0.1) is 0 Å². The van der Waals surface area contributed by atoms with E-state index < -0.39 is 29.2 Å². The molecule has 2 aliphatic rings. The van der Waals surface area contributed by atoms with Crippen LogP contribution in [0.25, 0.3) is 5.65 Å². The number of carbonyl (C=O) groups is 3. The van der Waals surface area contributed by atoms with Gasteiger partial charge in [-0.05, 0) is 24.0 Å². The van der Waals surface area contributed by atoms with Gasteiger partial charge in [0.25, 0.3) is 11.8 Å². The van der Waals surface area contributed by atoms with E-state index in [1.54, 1.807) is 16.0 Å². The van der Waals surface area contributed by atoms with Crippen molar-refractivity contribution >= 4 is 80.9 Å². The fourth-order valence-electron chi connectivity index (χ4n) is 3.80. The Morgan fingerprint density at radius 1 is 1.37 bits per heavy atom. The molecular weight excluding hydrogens is 575 g/mol. The van der Waals surface area contributed by atoms with Crippen molar-refractivity contribution in [3.8, 4) is 0 Å². The van der Waals surface area contributed by atoms with Gasteiger partial charge in [0.2, 0.25) is 5.16 Å². The number of thioether (sulfide) groups is 3. The van der Waals surface area contributed by atoms with Crippen molar-refractivity contribution in [2.45, 2.75) is 21.6 Å². The fourth-order valence-corrected chi connectivity index (χ4v) is 7.09. The van der Waals surface area contributed by atoms with E-state index in [9.17, 15) is 19.5 Å². The minimum Gasteiger partial charge on any atom is -0.477 e. The third kappa shape index (κ3) is 4.79. The first-order valence-electron chi connectivity index (χ1n) is 10.7. The molecule has 0 saturated carbocycles. The van der Waals surface area contributed by atoms with Crippen LogP contribution in [0.15, 0.2) is 44.1 Å². The number of amides is 2. The van der Waals surface area contributed by atoms with Crippen LogP contribution >= 0.6 is 46.6 Å². The maximum absolute atomic E-state index is 13.0. The van der Waals surface area contributed by atoms with Crippen LogP contribution in [0.4, 0.5) is 5.13 Å². The zero-order valence-corrected chi connectivity index (χ0v) is 23.0. The van der Waals surface area contributed by atoms with Crippen LogP contribution in [-0.2, 0) is 19.2 Å². The average Bonchev–Trinajstić information content (AvgIpc) is 3.53. The number of carboxylic acids is 1. The Balaban J connectivity index is 1.32. The van der Waals surface area contributed by atoms with Crippen molar-refractivity contribution in [3.63, 3.8) is 0 Å². The van der Waals surface area contributed by atoms with Crippen LogP contribution in [0.3, 0.4) is 0 Å². The summed E-state index contributed by atoms with van der Waals surface area (Å²) >= 11 is 5.24. The molecule has 14 nitrogen and oxygen atoms in total. The zero-order chi connectivity index (χ0) is 27.0. The Morgan fingerprint density at radius 2 is 2.18 bits per heavy atom. The number of aliphatic carboxylic acids is 1. The largest absolute Gasteiger partial charge is 0.477 e. The Morgan fingerprint density at radius 3 is 2.87 bits per heavy atom. The Labute approximate surface area is 231 Å². The third-order valence-corrected chi connectivity index (χ3v) is 9.15. The summed E-state index contributed by atoms with van der Waals surface area (Å²) in [5.74, 6) is -1.84. The number of β-lactam (4-membered cyclic amide) rings is 1. The number of hydrogen-bond acceptors (Lipinski definition) is 14. The molecule has 5 heterocycles. The van der Waals surface area contributed by atoms with Gasteiger partial charge in [-0.25, -0.2) is 9.78 Å². The molecule has 4 N–H and O–H groups in total. The van der Waals surface area contributed by atoms with E-state index in [2.05, 4.69) is 30.8 Å². The van der Waals surface area contributed by atoms with Crippen LogP contribution < -0.4 is 11.1 Å². The van der Waals surface area contributed by atoms with Gasteiger partial charge < -0.3 is 21.0 Å². The lowest BCUT2D eigenvalue weighted by Crippen LogP contribution is -2.71. The summed E-state index contributed by atoms with van der Waals surface area (Å²) in [6, 6.07) is 2.70. The van der Waals surface area contributed by atoms with E-state index in [4.69, 9.17) is 10.6 Å². The Hall–Kier alpha value is -3.35. The number of carbonyl (C=O) groups excluding carboxylic acids is 2. The number of hydrogen-bond donors (Lipinski definition) is 3. The number of fused-ring (bicyclic) bond motifs is 2. The molecule has 0 spiro atoms. The summed E-state index contributed by atoms with van der Waals surface area (Å²) in [5, 5.41) is 31.5. The number of nitrogens with zero attached hydrogens (tertiary/aromatic N) is 7. The summed E-state index contributed by atoms with van der Waals surface area (Å²) in [6.45, 7) is 0. The Bertz CT molecular complexity index is 1500. The maximum Gasteiger partial charge on any atom is 0.352 e. The molecule has 0 aromatic carbocycles. The molecule has 2 atom stereocenters. The van der Waals surface area contributed by atoms with Gasteiger partial charge in [0.1, 0.15) is 34.9 Å². The number of aromatic nitrogens is 5. The standard InChI is InChI=1S/C20H19N9O5S4/c1-34-27-12(9-7-37-19(21)22-9)15(30)23-13-16(31)28-14(18(32)33)8(5-36-17(13)28)6-38-20-25-24-10-3-4-11(35-2)26-29(10)20/h3-4,7,13,17H,5-6H2,1-2H3,(H2,21,22)(H,23,30)(H,32,33)/b27-12-/t13-,17+/m1/s1. The normalized spacial score (nSPS) is 19.4. The fraction of sp³-hybridized carbons (Fsp3) is 0.300. The minimum absolute atomic E-state index is 0.0959. The van der Waals surface area contributed by atoms with Crippen molar-refractivity contribution in [2.24, 2.45) is 5.16 Å². The summed E-state index contributed by atoms with van der Waals surface area (Å²) in [5.41, 5.74) is 6.75. The summed E-state index contributed by atoms with van der Waals surface area (Å²) in [7, 11) is 1.28. The molecule has 0 unspecified atom stereocenters. The highest BCUT2D eigenvalue weighted by Gasteiger charge is 2.54. The third-order valence-electron chi connectivity index (χ3n) is 5.49. The van der Waals surface area contributed by atoms with Gasteiger partial charge in [-0.15, -0.1) is 45.1 Å². The quantitative estimate of drug-likeness (QED) is 0.137. The Kier molecular flexibility index (Phi) is 7.46. The van der Waals surface area contributed by atoms with Crippen LogP contribution in [0.5, 0.6) is 0 Å². The molecule has 198 valence electrons. The van der Waals surface area contributed by atoms with Gasteiger partial charge in [0, 0.05) is 16.9 Å². The highest BCUT2D eigenvalue weighted by Crippen LogP contribution is 2.41. The lowest BCUT2D eigenvalue weighted by molar-refractivity contribution is -0.150. The van der Waals surface area contributed by atoms with Crippen molar-refractivity contribution in [3.05, 3.63) is 34.5 Å². The maximum atomic E-state index is 13.0. The van der Waals surface area contributed by atoms with Gasteiger partial charge >= 0.3 is 5.97 Å². The number of nitrogens with one attached hydrogen (secondary N) is 1. The number of nitrogen functional groups attached to an aromatic ring is 1. The molecule has 1 saturated heterocycles. The summed E-state index contributed by atoms with van der Waals surface area (Å²) < 4.78 is 1.60. The van der Waals surface area contributed by atoms with Gasteiger partial charge in [-0.3, -0.25) is 14.5 Å². The van der Waals surface area contributed by atoms with E-state index in [0.717, 1.165) is 16.4 Å². The first-order valence-corrected chi connectivity index (χ1v) is 14.9. The van der Waals surface area contributed by atoms with E-state index in [1.165, 1.54) is 47.3 Å². The molecule has 1 fully saturated rings. The van der Waals surface area contributed by atoms with Crippen LogP contribution in [0.2, 0.25) is 0 Å². The average molecular weight is 594 g/mol. The van der Waals surface area contributed by atoms with E-state index in [1.807, 2.05) is 12.3 Å². The molecule has 38 heavy (non-hydrogen) atoms. The second kappa shape index (κ2) is 10.8. The number of carboxylic acid groups (broad SMARTS) is 1. The van der Waals surface area contributed by atoms with Crippen molar-refractivity contribution in [1.29, 1.82) is 0 Å². The molecule has 0 aliphatic carbocycles. The molecule has 0 radical (unpaired) electrons. The first kappa shape index (κ1) is 26.3. The monoisotopic (exact) mass is 593 g/mol. The lowest BCUT2D eigenvalue weighted by Gasteiger charge is -2.49. The van der Waals surface area contributed by atoms with Crippen LogP contribution in [0.1, 0.15) is 5.69 Å². The molecule has 2 aliphatic heterocycles. The van der Waals surface area contributed by atoms with Gasteiger partial charge in [-0.2, -0.15) is 9.61 Å². The number of oxime groups is 1. The van der Waals surface area contributed by atoms with E-state index in [0.29, 0.717) is 22.1 Å². The first-order chi connectivity index (χ1) is 18.3. The molecular formula is C20H19N9O5S4. The lowest BCUT2D eigenvalue weighted by atomic mass is 10.0. The van der Waals surface area contributed by atoms with Gasteiger partial charge in [0.15, 0.2) is 16.5 Å². The van der Waals surface area contributed by atoms with Crippen LogP contribution in [-0.4, -0.2) is 94.6 Å². The highest BCUT2D eigenvalue weighted by atomic mass is 32.2. The topological polar surface area (TPSA) is 190 Å². The molecule has 3 aromatic rings. The summed E-state index contributed by atoms with van der Waals surface area (Å²) in [6.07, 6.45) is 1.91. The smallest absolute Gasteiger partial charge is 0.352 e. The zero-order valence-electron chi connectivity index (χ0n) is 19.7.